The minimum absolute atomic E-state index is 0.0100. The summed E-state index contributed by atoms with van der Waals surface area (Å²) < 4.78 is 0. The van der Waals surface area contributed by atoms with Gasteiger partial charge in [0.1, 0.15) is 0 Å². The van der Waals surface area contributed by atoms with Crippen LogP contribution in [-0.4, -0.2) is 16.9 Å². The highest BCUT2D eigenvalue weighted by Gasteiger charge is 2.21. The first-order valence-corrected chi connectivity index (χ1v) is 9.62. The molecule has 0 aliphatic carbocycles. The summed E-state index contributed by atoms with van der Waals surface area (Å²) in [6, 6.07) is 12.3. The molecular formula is C23H28N2O2. The van der Waals surface area contributed by atoms with Gasteiger partial charge >= 0.3 is 0 Å². The molecule has 1 aliphatic rings. The Hall–Kier alpha value is -2.62. The molecular weight excluding hydrogens is 336 g/mol. The molecule has 2 heterocycles. The second-order valence-corrected chi connectivity index (χ2v) is 8.20. The average molecular weight is 364 g/mol. The first kappa shape index (κ1) is 19.2. The number of carbonyl (C=O) groups excluding carboxylic acids is 1. The summed E-state index contributed by atoms with van der Waals surface area (Å²) in [6.45, 7) is 8.54. The number of hydrogen-bond acceptors (Lipinski definition) is 2. The van der Waals surface area contributed by atoms with Crippen molar-refractivity contribution >= 4 is 11.5 Å². The van der Waals surface area contributed by atoms with E-state index < -0.39 is 0 Å². The molecule has 2 aromatic rings. The molecule has 27 heavy (non-hydrogen) atoms. The summed E-state index contributed by atoms with van der Waals surface area (Å²) in [5, 5.41) is 2.99. The van der Waals surface area contributed by atoms with E-state index in [4.69, 9.17) is 0 Å². The Morgan fingerprint density at radius 1 is 1.11 bits per heavy atom. The fourth-order valence-corrected chi connectivity index (χ4v) is 3.39. The molecule has 3 rings (SSSR count). The molecule has 1 fully saturated rings. The lowest BCUT2D eigenvalue weighted by atomic mass is 9.86. The highest BCUT2D eigenvalue weighted by molar-refractivity contribution is 5.82. The van der Waals surface area contributed by atoms with E-state index >= 15 is 0 Å². The van der Waals surface area contributed by atoms with Gasteiger partial charge in [0.15, 0.2) is 0 Å². The quantitative estimate of drug-likeness (QED) is 0.863. The fraction of sp³-hybridized carbons (Fsp3) is 0.391. The van der Waals surface area contributed by atoms with Crippen molar-refractivity contribution in [3.8, 4) is 0 Å². The number of aryl methyl sites for hydroxylation is 1. The number of amides is 1. The standard InChI is InChI=1S/C23H28N2O2/c1-5-15-8-12-20(25-22(15)27)19(14-18-11-13-21(26)24-18)16-6-9-17(10-7-16)23(2,3)4/h6-10,12,14,18H,5,11,13H2,1-4H3,(H,24,26)(H,25,27)/b19-14+/t18-/m1/s1. The summed E-state index contributed by atoms with van der Waals surface area (Å²) in [4.78, 5) is 27.0. The van der Waals surface area contributed by atoms with Gasteiger partial charge in [0.2, 0.25) is 5.91 Å². The Bertz CT molecular complexity index is 915. The Labute approximate surface area is 160 Å². The molecule has 1 atom stereocenters. The van der Waals surface area contributed by atoms with Crippen LogP contribution in [0.1, 0.15) is 62.9 Å². The van der Waals surface area contributed by atoms with Gasteiger partial charge in [-0.25, -0.2) is 0 Å². The molecule has 0 radical (unpaired) electrons. The van der Waals surface area contributed by atoms with Gasteiger partial charge in [0.25, 0.3) is 5.56 Å². The summed E-state index contributed by atoms with van der Waals surface area (Å²) >= 11 is 0. The maximum atomic E-state index is 12.3. The van der Waals surface area contributed by atoms with Crippen LogP contribution in [0.5, 0.6) is 0 Å². The lowest BCUT2D eigenvalue weighted by Crippen LogP contribution is -2.23. The topological polar surface area (TPSA) is 62.0 Å². The van der Waals surface area contributed by atoms with Gasteiger partial charge in [0.05, 0.1) is 0 Å². The molecule has 0 unspecified atom stereocenters. The van der Waals surface area contributed by atoms with E-state index in [1.807, 2.05) is 19.1 Å². The second-order valence-electron chi connectivity index (χ2n) is 8.20. The van der Waals surface area contributed by atoms with Crippen molar-refractivity contribution in [2.75, 3.05) is 0 Å². The van der Waals surface area contributed by atoms with E-state index in [0.717, 1.165) is 28.8 Å². The molecule has 4 nitrogen and oxygen atoms in total. The van der Waals surface area contributed by atoms with Crippen molar-refractivity contribution in [3.63, 3.8) is 0 Å². The zero-order valence-electron chi connectivity index (χ0n) is 16.6. The molecule has 0 spiro atoms. The highest BCUT2D eigenvalue weighted by atomic mass is 16.2. The van der Waals surface area contributed by atoms with E-state index in [0.29, 0.717) is 12.8 Å². The SMILES string of the molecule is CCc1ccc(/C(=C/[C@H]2CCC(=O)N2)c2ccc(C(C)(C)C)cc2)[nH]c1=O. The normalized spacial score (nSPS) is 17.9. The average Bonchev–Trinajstić information content (AvgIpc) is 3.04. The summed E-state index contributed by atoms with van der Waals surface area (Å²) in [7, 11) is 0. The van der Waals surface area contributed by atoms with Gasteiger partial charge < -0.3 is 10.3 Å². The number of H-pyrrole nitrogens is 1. The molecule has 0 saturated carbocycles. The predicted molar refractivity (Wildman–Crippen MR) is 110 cm³/mol. The van der Waals surface area contributed by atoms with Gasteiger partial charge in [-0.3, -0.25) is 9.59 Å². The molecule has 142 valence electrons. The minimum atomic E-state index is -0.0531. The van der Waals surface area contributed by atoms with E-state index in [1.165, 1.54) is 5.56 Å². The zero-order chi connectivity index (χ0) is 19.6. The summed E-state index contributed by atoms with van der Waals surface area (Å²) in [5.74, 6) is 0.0773. The van der Waals surface area contributed by atoms with Crippen LogP contribution < -0.4 is 10.9 Å². The van der Waals surface area contributed by atoms with Crippen LogP contribution in [0, 0.1) is 0 Å². The number of benzene rings is 1. The molecule has 2 N–H and O–H groups in total. The Balaban J connectivity index is 2.05. The van der Waals surface area contributed by atoms with Crippen LogP contribution in [0.2, 0.25) is 0 Å². The number of rotatable bonds is 4. The summed E-state index contributed by atoms with van der Waals surface area (Å²) in [5.41, 5.74) is 4.82. The summed E-state index contributed by atoms with van der Waals surface area (Å²) in [6.07, 6.45) is 4.09. The lowest BCUT2D eigenvalue weighted by Gasteiger charge is -2.20. The smallest absolute Gasteiger partial charge is 0.251 e. The van der Waals surface area contributed by atoms with Crippen molar-refractivity contribution in [2.45, 2.75) is 58.4 Å². The molecule has 1 saturated heterocycles. The molecule has 1 aromatic heterocycles. The maximum absolute atomic E-state index is 12.3. The Morgan fingerprint density at radius 3 is 2.33 bits per heavy atom. The van der Waals surface area contributed by atoms with Gasteiger partial charge in [-0.2, -0.15) is 0 Å². The van der Waals surface area contributed by atoms with Crippen molar-refractivity contribution in [2.24, 2.45) is 0 Å². The van der Waals surface area contributed by atoms with Crippen LogP contribution in [0.3, 0.4) is 0 Å². The predicted octanol–water partition coefficient (Wildman–Crippen LogP) is 3.95. The monoisotopic (exact) mass is 364 g/mol. The van der Waals surface area contributed by atoms with Crippen molar-refractivity contribution in [3.05, 3.63) is 75.2 Å². The van der Waals surface area contributed by atoms with E-state index in [-0.39, 0.29) is 22.9 Å². The number of pyridine rings is 1. The Morgan fingerprint density at radius 2 is 1.81 bits per heavy atom. The molecule has 1 amide bonds. The lowest BCUT2D eigenvalue weighted by molar-refractivity contribution is -0.119. The van der Waals surface area contributed by atoms with Gasteiger partial charge in [-0.15, -0.1) is 0 Å². The van der Waals surface area contributed by atoms with Crippen LogP contribution in [-0.2, 0) is 16.6 Å². The molecule has 1 aromatic carbocycles. The van der Waals surface area contributed by atoms with Crippen molar-refractivity contribution in [1.82, 2.24) is 10.3 Å². The van der Waals surface area contributed by atoms with Crippen LogP contribution in [0.25, 0.3) is 5.57 Å². The van der Waals surface area contributed by atoms with E-state index in [1.54, 1.807) is 0 Å². The van der Waals surface area contributed by atoms with E-state index in [9.17, 15) is 9.59 Å². The van der Waals surface area contributed by atoms with Gasteiger partial charge in [-0.05, 0) is 35.4 Å². The van der Waals surface area contributed by atoms with Crippen LogP contribution in [0.15, 0.2) is 47.3 Å². The number of carbonyl (C=O) groups is 1. The third-order valence-electron chi connectivity index (χ3n) is 5.12. The maximum Gasteiger partial charge on any atom is 0.251 e. The van der Waals surface area contributed by atoms with Gasteiger partial charge in [-0.1, -0.05) is 64.1 Å². The van der Waals surface area contributed by atoms with Crippen molar-refractivity contribution in [1.29, 1.82) is 0 Å². The van der Waals surface area contributed by atoms with E-state index in [2.05, 4.69) is 61.4 Å². The number of nitrogens with one attached hydrogen (secondary N) is 2. The van der Waals surface area contributed by atoms with Gasteiger partial charge in [0, 0.05) is 29.3 Å². The number of aromatic nitrogens is 1. The third kappa shape index (κ3) is 4.38. The molecule has 0 bridgehead atoms. The minimum Gasteiger partial charge on any atom is -0.350 e. The zero-order valence-corrected chi connectivity index (χ0v) is 16.6. The fourth-order valence-electron chi connectivity index (χ4n) is 3.39. The highest BCUT2D eigenvalue weighted by Crippen LogP contribution is 2.28. The third-order valence-corrected chi connectivity index (χ3v) is 5.12. The van der Waals surface area contributed by atoms with Crippen LogP contribution >= 0.6 is 0 Å². The Kier molecular flexibility index (Phi) is 5.36. The molecule has 4 heteroatoms. The molecule has 1 aliphatic heterocycles. The first-order valence-electron chi connectivity index (χ1n) is 9.62. The number of hydrogen-bond donors (Lipinski definition) is 2. The second kappa shape index (κ2) is 7.55. The largest absolute Gasteiger partial charge is 0.350 e. The number of aromatic amines is 1. The van der Waals surface area contributed by atoms with Crippen molar-refractivity contribution < 1.29 is 4.79 Å². The first-order chi connectivity index (χ1) is 12.8. The van der Waals surface area contributed by atoms with Crippen LogP contribution in [0.4, 0.5) is 0 Å².